The molecule has 1 aromatic carbocycles. The first-order valence-corrected chi connectivity index (χ1v) is 9.69. The Morgan fingerprint density at radius 1 is 1.23 bits per heavy atom. The van der Waals surface area contributed by atoms with E-state index in [1.807, 2.05) is 0 Å². The van der Waals surface area contributed by atoms with Gasteiger partial charge in [0.15, 0.2) is 0 Å². The van der Waals surface area contributed by atoms with E-state index < -0.39 is 11.9 Å². The van der Waals surface area contributed by atoms with E-state index in [1.54, 1.807) is 16.6 Å². The first kappa shape index (κ1) is 19.0. The second kappa shape index (κ2) is 7.35. The molecule has 0 unspecified atom stereocenters. The van der Waals surface area contributed by atoms with E-state index >= 15 is 0 Å². The lowest BCUT2D eigenvalue weighted by Gasteiger charge is -2.30. The molecule has 0 atom stereocenters. The summed E-state index contributed by atoms with van der Waals surface area (Å²) in [6, 6.07) is 7.54. The number of aromatic amines is 1. The molecule has 4 heterocycles. The van der Waals surface area contributed by atoms with Crippen LogP contribution in [0.25, 0.3) is 28.5 Å². The van der Waals surface area contributed by atoms with Crippen molar-refractivity contribution in [3.63, 3.8) is 0 Å². The minimum Gasteiger partial charge on any atom is -0.465 e. The molecule has 0 bridgehead atoms. The number of benzene rings is 1. The molecule has 3 aromatic heterocycles. The highest BCUT2D eigenvalue weighted by atomic mass is 19.1. The van der Waals surface area contributed by atoms with Crippen LogP contribution in [0, 0.1) is 5.82 Å². The van der Waals surface area contributed by atoms with Gasteiger partial charge in [0.25, 0.3) is 11.4 Å². The van der Waals surface area contributed by atoms with E-state index in [2.05, 4.69) is 20.2 Å². The van der Waals surface area contributed by atoms with Crippen molar-refractivity contribution in [2.75, 3.05) is 13.1 Å². The van der Waals surface area contributed by atoms with Gasteiger partial charge in [-0.25, -0.2) is 13.7 Å². The zero-order chi connectivity index (χ0) is 21.5. The molecule has 10 nitrogen and oxygen atoms in total. The average molecular weight is 424 g/mol. The molecule has 4 aromatic rings. The van der Waals surface area contributed by atoms with Crippen molar-refractivity contribution in [3.8, 4) is 22.8 Å². The normalized spacial score (nSPS) is 14.9. The highest BCUT2D eigenvalue weighted by molar-refractivity contribution is 5.73. The number of hydrogen-bond acceptors (Lipinski definition) is 6. The number of aromatic nitrogens is 5. The summed E-state index contributed by atoms with van der Waals surface area (Å²) in [6.45, 7) is 0.776. The molecule has 1 fully saturated rings. The third-order valence-electron chi connectivity index (χ3n) is 5.49. The van der Waals surface area contributed by atoms with Gasteiger partial charge in [-0.2, -0.15) is 10.1 Å². The molecule has 31 heavy (non-hydrogen) atoms. The van der Waals surface area contributed by atoms with E-state index in [4.69, 9.17) is 9.63 Å². The van der Waals surface area contributed by atoms with Crippen LogP contribution in [0.5, 0.6) is 0 Å². The minimum atomic E-state index is -0.946. The van der Waals surface area contributed by atoms with E-state index in [0.717, 1.165) is 0 Å². The number of piperidine rings is 1. The Morgan fingerprint density at radius 3 is 2.74 bits per heavy atom. The van der Waals surface area contributed by atoms with Gasteiger partial charge in [-0.1, -0.05) is 17.3 Å². The third-order valence-corrected chi connectivity index (χ3v) is 5.49. The van der Waals surface area contributed by atoms with Gasteiger partial charge in [0, 0.05) is 25.1 Å². The Kier molecular flexibility index (Phi) is 4.50. The number of carboxylic acid groups (broad SMARTS) is 1. The number of nitrogens with zero attached hydrogens (tertiary/aromatic N) is 5. The van der Waals surface area contributed by atoms with Crippen LogP contribution in [0.2, 0.25) is 0 Å². The molecule has 11 heteroatoms. The standard InChI is InChI=1S/C20H17FN6O4/c21-14-4-2-1-3-12(14)19-24-17(25-31-19)13-10-22-27-15(9-16(28)23-18(13)27)11-5-7-26(8-6-11)20(29)30/h1-4,9-11H,5-8H2,(H,23,28)(H,29,30). The van der Waals surface area contributed by atoms with Gasteiger partial charge < -0.3 is 19.5 Å². The van der Waals surface area contributed by atoms with Crippen molar-refractivity contribution in [2.45, 2.75) is 18.8 Å². The number of nitrogens with one attached hydrogen (secondary N) is 1. The SMILES string of the molecule is O=C(O)N1CCC(c2cc(=O)[nH]c3c(-c4noc(-c5ccccc5F)n4)cnn23)CC1. The second-order valence-corrected chi connectivity index (χ2v) is 7.32. The molecule has 0 spiro atoms. The molecule has 0 aliphatic carbocycles. The summed E-state index contributed by atoms with van der Waals surface area (Å²) >= 11 is 0. The van der Waals surface area contributed by atoms with Crippen LogP contribution in [0.4, 0.5) is 9.18 Å². The molecule has 0 saturated carbocycles. The molecule has 1 saturated heterocycles. The van der Waals surface area contributed by atoms with Gasteiger partial charge >= 0.3 is 6.09 Å². The van der Waals surface area contributed by atoms with Crippen LogP contribution in [0.1, 0.15) is 24.5 Å². The van der Waals surface area contributed by atoms with Crippen LogP contribution in [-0.4, -0.2) is 53.9 Å². The zero-order valence-corrected chi connectivity index (χ0v) is 16.2. The minimum absolute atomic E-state index is 0.0204. The fourth-order valence-electron chi connectivity index (χ4n) is 3.91. The van der Waals surface area contributed by atoms with Crippen LogP contribution in [0.15, 0.2) is 45.8 Å². The van der Waals surface area contributed by atoms with Crippen LogP contribution in [-0.2, 0) is 0 Å². The summed E-state index contributed by atoms with van der Waals surface area (Å²) < 4.78 is 20.9. The summed E-state index contributed by atoms with van der Waals surface area (Å²) in [5, 5.41) is 17.5. The topological polar surface area (TPSA) is 130 Å². The third kappa shape index (κ3) is 3.33. The molecule has 158 valence electrons. The molecule has 5 rings (SSSR count). The van der Waals surface area contributed by atoms with Crippen molar-refractivity contribution in [1.29, 1.82) is 0 Å². The lowest BCUT2D eigenvalue weighted by molar-refractivity contribution is 0.131. The predicted molar refractivity (Wildman–Crippen MR) is 106 cm³/mol. The summed E-state index contributed by atoms with van der Waals surface area (Å²) in [5.41, 5.74) is 1.38. The van der Waals surface area contributed by atoms with E-state index in [1.165, 1.54) is 29.3 Å². The molecule has 2 N–H and O–H groups in total. The summed E-state index contributed by atoms with van der Waals surface area (Å²) in [4.78, 5) is 31.9. The number of likely N-dealkylation sites (tertiary alicyclic amines) is 1. The van der Waals surface area contributed by atoms with Gasteiger partial charge in [0.2, 0.25) is 5.82 Å². The maximum absolute atomic E-state index is 14.0. The maximum Gasteiger partial charge on any atom is 0.407 e. The Morgan fingerprint density at radius 2 is 2.00 bits per heavy atom. The Hall–Kier alpha value is -4.02. The van der Waals surface area contributed by atoms with Crippen LogP contribution >= 0.6 is 0 Å². The summed E-state index contributed by atoms with van der Waals surface area (Å²) in [6.07, 6.45) is 1.73. The van der Waals surface area contributed by atoms with Crippen molar-refractivity contribution in [2.24, 2.45) is 0 Å². The highest BCUT2D eigenvalue weighted by Crippen LogP contribution is 2.30. The van der Waals surface area contributed by atoms with Crippen molar-refractivity contribution < 1.29 is 18.8 Å². The summed E-state index contributed by atoms with van der Waals surface area (Å²) in [7, 11) is 0. The number of amides is 1. The fraction of sp³-hybridized carbons (Fsp3) is 0.250. The Bertz CT molecular complexity index is 1330. The van der Waals surface area contributed by atoms with E-state index in [-0.39, 0.29) is 28.8 Å². The van der Waals surface area contributed by atoms with Gasteiger partial charge in [-0.15, -0.1) is 0 Å². The van der Waals surface area contributed by atoms with Gasteiger partial charge in [0.05, 0.1) is 23.0 Å². The molecular weight excluding hydrogens is 407 g/mol. The van der Waals surface area contributed by atoms with Crippen molar-refractivity contribution in [1.82, 2.24) is 29.6 Å². The maximum atomic E-state index is 14.0. The lowest BCUT2D eigenvalue weighted by atomic mass is 9.93. The largest absolute Gasteiger partial charge is 0.465 e. The fourth-order valence-corrected chi connectivity index (χ4v) is 3.91. The average Bonchev–Trinajstić information content (AvgIpc) is 3.40. The first-order chi connectivity index (χ1) is 15.0. The van der Waals surface area contributed by atoms with Gasteiger partial charge in [0.1, 0.15) is 11.5 Å². The molecule has 1 aliphatic rings. The number of H-pyrrole nitrogens is 1. The quantitative estimate of drug-likeness (QED) is 0.517. The molecular formula is C20H17FN6O4. The molecule has 1 aliphatic heterocycles. The number of halogens is 1. The monoisotopic (exact) mass is 424 g/mol. The second-order valence-electron chi connectivity index (χ2n) is 7.32. The predicted octanol–water partition coefficient (Wildman–Crippen LogP) is 2.74. The molecule has 1 amide bonds. The smallest absolute Gasteiger partial charge is 0.407 e. The first-order valence-electron chi connectivity index (χ1n) is 9.69. The van der Waals surface area contributed by atoms with E-state index in [0.29, 0.717) is 42.8 Å². The number of fused-ring (bicyclic) bond motifs is 1. The number of carbonyl (C=O) groups is 1. The van der Waals surface area contributed by atoms with E-state index in [9.17, 15) is 14.0 Å². The summed E-state index contributed by atoms with van der Waals surface area (Å²) in [5.74, 6) is -0.318. The Labute approximate surface area is 173 Å². The Balaban J connectivity index is 1.52. The molecule has 0 radical (unpaired) electrons. The van der Waals surface area contributed by atoms with Crippen LogP contribution < -0.4 is 5.56 Å². The lowest BCUT2D eigenvalue weighted by Crippen LogP contribution is -2.37. The van der Waals surface area contributed by atoms with Crippen molar-refractivity contribution >= 4 is 11.7 Å². The van der Waals surface area contributed by atoms with Gasteiger partial charge in [-0.3, -0.25) is 4.79 Å². The number of hydrogen-bond donors (Lipinski definition) is 2. The zero-order valence-electron chi connectivity index (χ0n) is 16.2. The van der Waals surface area contributed by atoms with Crippen LogP contribution in [0.3, 0.4) is 0 Å². The van der Waals surface area contributed by atoms with Crippen molar-refractivity contribution in [3.05, 3.63) is 58.4 Å². The highest BCUT2D eigenvalue weighted by Gasteiger charge is 2.27. The number of rotatable bonds is 3. The van der Waals surface area contributed by atoms with Gasteiger partial charge in [-0.05, 0) is 25.0 Å².